The Balaban J connectivity index is 1.89. The van der Waals surface area contributed by atoms with Crippen molar-refractivity contribution in [3.63, 3.8) is 0 Å². The molecule has 3 rings (SSSR count). The van der Waals surface area contributed by atoms with Crippen LogP contribution in [0.5, 0.6) is 0 Å². The summed E-state index contributed by atoms with van der Waals surface area (Å²) in [5.74, 6) is -2.04. The third-order valence-corrected chi connectivity index (χ3v) is 4.09. The number of aryl methyl sites for hydroxylation is 3. The van der Waals surface area contributed by atoms with E-state index in [2.05, 4.69) is 0 Å². The Hall–Kier alpha value is -2.03. The molecule has 1 aliphatic rings. The van der Waals surface area contributed by atoms with E-state index in [-0.39, 0.29) is 12.0 Å². The summed E-state index contributed by atoms with van der Waals surface area (Å²) in [5, 5.41) is 0. The van der Waals surface area contributed by atoms with Crippen LogP contribution < -0.4 is 0 Å². The highest BCUT2D eigenvalue weighted by Gasteiger charge is 2.20. The van der Waals surface area contributed by atoms with Crippen molar-refractivity contribution in [3.8, 4) is 0 Å². The molecule has 0 aromatic heterocycles. The molecular weight excluding hydrogens is 270 g/mol. The van der Waals surface area contributed by atoms with E-state index in [1.165, 1.54) is 24.1 Å². The molecule has 2 aromatic carbocycles. The Morgan fingerprint density at radius 2 is 1.86 bits per heavy atom. The number of halogens is 2. The van der Waals surface area contributed by atoms with E-state index < -0.39 is 23.0 Å². The summed E-state index contributed by atoms with van der Waals surface area (Å²) in [4.78, 5) is 12.2. The van der Waals surface area contributed by atoms with Crippen LogP contribution in [0.3, 0.4) is 0 Å². The lowest BCUT2D eigenvalue weighted by atomic mass is 9.98. The largest absolute Gasteiger partial charge is 0.294 e. The zero-order valence-corrected chi connectivity index (χ0v) is 11.9. The van der Waals surface area contributed by atoms with Crippen molar-refractivity contribution < 1.29 is 13.6 Å². The molecule has 0 N–H and O–H groups in total. The van der Waals surface area contributed by atoms with Crippen molar-refractivity contribution in [3.05, 3.63) is 69.8 Å². The third-order valence-electron chi connectivity index (χ3n) is 4.09. The Morgan fingerprint density at radius 3 is 2.67 bits per heavy atom. The van der Waals surface area contributed by atoms with E-state index in [0.717, 1.165) is 30.9 Å². The summed E-state index contributed by atoms with van der Waals surface area (Å²) in [5.41, 5.74) is 3.26. The molecule has 108 valence electrons. The molecular formula is C18H16F2O. The lowest BCUT2D eigenvalue weighted by Crippen LogP contribution is -2.10. The molecule has 0 heterocycles. The Morgan fingerprint density at radius 1 is 1.10 bits per heavy atom. The number of hydrogen-bond acceptors (Lipinski definition) is 1. The summed E-state index contributed by atoms with van der Waals surface area (Å²) in [6.07, 6.45) is 3.26. The number of ketones is 1. The van der Waals surface area contributed by atoms with E-state index in [9.17, 15) is 13.6 Å². The Labute approximate surface area is 122 Å². The average molecular weight is 286 g/mol. The molecule has 0 radical (unpaired) electrons. The molecule has 0 amide bonds. The molecule has 0 saturated heterocycles. The van der Waals surface area contributed by atoms with E-state index in [4.69, 9.17) is 0 Å². The van der Waals surface area contributed by atoms with Crippen LogP contribution in [-0.2, 0) is 19.3 Å². The molecule has 0 spiro atoms. The van der Waals surface area contributed by atoms with Crippen LogP contribution >= 0.6 is 0 Å². The van der Waals surface area contributed by atoms with E-state index in [1.54, 1.807) is 0 Å². The minimum absolute atomic E-state index is 0.0323. The average Bonchev–Trinajstić information content (AvgIpc) is 2.91. The van der Waals surface area contributed by atoms with Crippen LogP contribution in [0.2, 0.25) is 0 Å². The predicted octanol–water partition coefficient (Wildman–Crippen LogP) is 4.19. The minimum Gasteiger partial charge on any atom is -0.294 e. The first kappa shape index (κ1) is 13.9. The second-order valence-electron chi connectivity index (χ2n) is 5.61. The lowest BCUT2D eigenvalue weighted by Gasteiger charge is -2.08. The highest BCUT2D eigenvalue weighted by atomic mass is 19.1. The first-order valence-corrected chi connectivity index (χ1v) is 7.15. The molecule has 0 aliphatic heterocycles. The van der Waals surface area contributed by atoms with Gasteiger partial charge in [0, 0.05) is 6.42 Å². The highest BCUT2D eigenvalue weighted by Crippen LogP contribution is 2.24. The summed E-state index contributed by atoms with van der Waals surface area (Å²) in [7, 11) is 0. The van der Waals surface area contributed by atoms with E-state index in [1.807, 2.05) is 18.2 Å². The number of benzene rings is 2. The second-order valence-corrected chi connectivity index (χ2v) is 5.61. The van der Waals surface area contributed by atoms with Crippen LogP contribution in [0.4, 0.5) is 8.78 Å². The van der Waals surface area contributed by atoms with Gasteiger partial charge in [0.2, 0.25) is 0 Å². The number of carbonyl (C=O) groups excluding carboxylic acids is 1. The smallest absolute Gasteiger partial charge is 0.173 e. The molecule has 0 bridgehead atoms. The van der Waals surface area contributed by atoms with Gasteiger partial charge in [0.25, 0.3) is 0 Å². The maximum Gasteiger partial charge on any atom is 0.173 e. The van der Waals surface area contributed by atoms with Crippen LogP contribution in [0.15, 0.2) is 30.3 Å². The van der Waals surface area contributed by atoms with Crippen molar-refractivity contribution >= 4 is 5.78 Å². The van der Waals surface area contributed by atoms with Crippen LogP contribution in [0, 0.1) is 18.6 Å². The van der Waals surface area contributed by atoms with Gasteiger partial charge in [-0.1, -0.05) is 24.3 Å². The number of Topliss-reactive ketones (excluding diaryl/α,β-unsaturated/α-hetero) is 1. The zero-order chi connectivity index (χ0) is 15.0. The fourth-order valence-electron chi connectivity index (χ4n) is 2.92. The number of rotatable bonds is 3. The van der Waals surface area contributed by atoms with Gasteiger partial charge in [-0.25, -0.2) is 8.78 Å². The molecule has 21 heavy (non-hydrogen) atoms. The standard InChI is InChI=1S/C18H16F2O/c1-11-5-8-15(19)17(18(11)20)16(21)10-12-6-7-13-3-2-4-14(13)9-12/h5-9H,2-4,10H2,1H3. The number of hydrogen-bond donors (Lipinski definition) is 0. The summed E-state index contributed by atoms with van der Waals surface area (Å²) in [6.45, 7) is 1.53. The molecule has 0 saturated carbocycles. The minimum atomic E-state index is -0.788. The number of carbonyl (C=O) groups is 1. The topological polar surface area (TPSA) is 17.1 Å². The lowest BCUT2D eigenvalue weighted by molar-refractivity contribution is 0.0984. The van der Waals surface area contributed by atoms with Gasteiger partial charge in [-0.2, -0.15) is 0 Å². The van der Waals surface area contributed by atoms with Gasteiger partial charge >= 0.3 is 0 Å². The molecule has 0 atom stereocenters. The van der Waals surface area contributed by atoms with Crippen LogP contribution in [0.1, 0.15) is 39.0 Å². The van der Waals surface area contributed by atoms with Crippen LogP contribution in [0.25, 0.3) is 0 Å². The van der Waals surface area contributed by atoms with Gasteiger partial charge in [0.15, 0.2) is 5.78 Å². The van der Waals surface area contributed by atoms with Gasteiger partial charge in [0.1, 0.15) is 11.6 Å². The van der Waals surface area contributed by atoms with E-state index in [0.29, 0.717) is 0 Å². The van der Waals surface area contributed by atoms with Gasteiger partial charge in [-0.05, 0) is 54.5 Å². The Kier molecular flexibility index (Phi) is 3.58. The van der Waals surface area contributed by atoms with Gasteiger partial charge in [-0.3, -0.25) is 4.79 Å². The first-order chi connectivity index (χ1) is 10.1. The summed E-state index contributed by atoms with van der Waals surface area (Å²) >= 11 is 0. The maximum atomic E-state index is 14.0. The SMILES string of the molecule is Cc1ccc(F)c(C(=O)Cc2ccc3c(c2)CCC3)c1F. The highest BCUT2D eigenvalue weighted by molar-refractivity contribution is 5.98. The van der Waals surface area contributed by atoms with Gasteiger partial charge < -0.3 is 0 Å². The monoisotopic (exact) mass is 286 g/mol. The van der Waals surface area contributed by atoms with Crippen molar-refractivity contribution in [1.82, 2.24) is 0 Å². The Bertz CT molecular complexity index is 719. The van der Waals surface area contributed by atoms with Gasteiger partial charge in [-0.15, -0.1) is 0 Å². The quantitative estimate of drug-likeness (QED) is 0.773. The van der Waals surface area contributed by atoms with Crippen molar-refractivity contribution in [2.24, 2.45) is 0 Å². The van der Waals surface area contributed by atoms with Crippen molar-refractivity contribution in [2.45, 2.75) is 32.6 Å². The first-order valence-electron chi connectivity index (χ1n) is 7.15. The fourth-order valence-corrected chi connectivity index (χ4v) is 2.92. The van der Waals surface area contributed by atoms with Crippen molar-refractivity contribution in [2.75, 3.05) is 0 Å². The number of fused-ring (bicyclic) bond motifs is 1. The van der Waals surface area contributed by atoms with E-state index >= 15 is 0 Å². The summed E-state index contributed by atoms with van der Waals surface area (Å²) < 4.78 is 27.7. The van der Waals surface area contributed by atoms with Crippen molar-refractivity contribution in [1.29, 1.82) is 0 Å². The molecule has 0 unspecified atom stereocenters. The second kappa shape index (κ2) is 5.40. The van der Waals surface area contributed by atoms with Crippen LogP contribution in [-0.4, -0.2) is 5.78 Å². The van der Waals surface area contributed by atoms with Gasteiger partial charge in [0.05, 0.1) is 5.56 Å². The maximum absolute atomic E-state index is 14.0. The predicted molar refractivity (Wildman–Crippen MR) is 77.6 cm³/mol. The summed E-state index contributed by atoms with van der Waals surface area (Å²) in [6, 6.07) is 8.39. The molecule has 1 nitrogen and oxygen atoms in total. The fraction of sp³-hybridized carbons (Fsp3) is 0.278. The normalized spacial score (nSPS) is 13.3. The molecule has 1 aliphatic carbocycles. The molecule has 2 aromatic rings. The third kappa shape index (κ3) is 2.60. The molecule has 0 fully saturated rings. The zero-order valence-electron chi connectivity index (χ0n) is 11.9. The molecule has 3 heteroatoms.